The molecule has 1 heterocycles. The summed E-state index contributed by atoms with van der Waals surface area (Å²) in [6.45, 7) is 2.10. The molecule has 3 N–H and O–H groups in total. The van der Waals surface area contributed by atoms with E-state index in [9.17, 15) is 0 Å². The van der Waals surface area contributed by atoms with Crippen LogP contribution in [0.4, 0.5) is 11.4 Å². The molecule has 0 fully saturated rings. The number of anilines is 2. The van der Waals surface area contributed by atoms with E-state index in [2.05, 4.69) is 35.4 Å². The number of nitrogens with two attached hydrogens (primary N) is 1. The van der Waals surface area contributed by atoms with Crippen LogP contribution in [-0.2, 0) is 0 Å². The van der Waals surface area contributed by atoms with Crippen molar-refractivity contribution in [3.63, 3.8) is 0 Å². The van der Waals surface area contributed by atoms with Gasteiger partial charge in [0.25, 0.3) is 0 Å². The Hall–Kier alpha value is -1.81. The fraction of sp³-hybridized carbons (Fsp3) is 0.400. The van der Waals surface area contributed by atoms with Crippen LogP contribution in [-0.4, -0.2) is 37.1 Å². The van der Waals surface area contributed by atoms with Crippen molar-refractivity contribution in [1.29, 1.82) is 0 Å². The smallest absolute Gasteiger partial charge is 0.0951 e. The first kappa shape index (κ1) is 13.6. The number of hydrogen-bond acceptors (Lipinski definition) is 4. The fourth-order valence-electron chi connectivity index (χ4n) is 2.12. The number of unbranched alkanes of at least 4 members (excludes halogenated alkanes) is 1. The van der Waals surface area contributed by atoms with Crippen LogP contribution < -0.4 is 11.1 Å². The molecule has 0 atom stereocenters. The number of nitrogen functional groups attached to an aromatic ring is 1. The molecule has 0 saturated carbocycles. The summed E-state index contributed by atoms with van der Waals surface area (Å²) in [4.78, 5) is 6.55. The highest BCUT2D eigenvalue weighted by Gasteiger charge is 2.03. The Morgan fingerprint density at radius 2 is 2.05 bits per heavy atom. The Labute approximate surface area is 114 Å². The van der Waals surface area contributed by atoms with Gasteiger partial charge in [-0.1, -0.05) is 0 Å². The lowest BCUT2D eigenvalue weighted by molar-refractivity contribution is 0.396. The van der Waals surface area contributed by atoms with Gasteiger partial charge in [-0.05, 0) is 57.7 Å². The quantitative estimate of drug-likeness (QED) is 0.617. The zero-order valence-corrected chi connectivity index (χ0v) is 11.7. The van der Waals surface area contributed by atoms with Crippen molar-refractivity contribution in [3.05, 3.63) is 30.5 Å². The van der Waals surface area contributed by atoms with Crippen molar-refractivity contribution >= 4 is 22.3 Å². The zero-order valence-electron chi connectivity index (χ0n) is 11.7. The molecule has 0 bridgehead atoms. The van der Waals surface area contributed by atoms with Gasteiger partial charge in [0, 0.05) is 23.8 Å². The van der Waals surface area contributed by atoms with Gasteiger partial charge >= 0.3 is 0 Å². The molecule has 102 valence electrons. The SMILES string of the molecule is CN(C)CCCCNc1ccc(N)c2ncccc12. The third-order valence-electron chi connectivity index (χ3n) is 3.15. The second kappa shape index (κ2) is 6.38. The van der Waals surface area contributed by atoms with Gasteiger partial charge in [-0.15, -0.1) is 0 Å². The molecule has 0 amide bonds. The molecule has 19 heavy (non-hydrogen) atoms. The predicted octanol–water partition coefficient (Wildman–Crippen LogP) is 2.57. The summed E-state index contributed by atoms with van der Waals surface area (Å²) in [5.74, 6) is 0. The minimum absolute atomic E-state index is 0.730. The van der Waals surface area contributed by atoms with Crippen LogP contribution in [0, 0.1) is 0 Å². The van der Waals surface area contributed by atoms with Crippen LogP contribution in [0.2, 0.25) is 0 Å². The summed E-state index contributed by atoms with van der Waals surface area (Å²) in [5, 5.41) is 4.57. The number of nitrogens with zero attached hydrogens (tertiary/aromatic N) is 2. The van der Waals surface area contributed by atoms with Crippen LogP contribution in [0.15, 0.2) is 30.5 Å². The minimum Gasteiger partial charge on any atom is -0.397 e. The standard InChI is InChI=1S/C15H22N4/c1-19(2)11-4-3-9-17-14-8-7-13(16)15-12(14)6-5-10-18-15/h5-8,10,17H,3-4,9,11,16H2,1-2H3. The van der Waals surface area contributed by atoms with Gasteiger partial charge in [0.1, 0.15) is 0 Å². The molecule has 0 aliphatic rings. The fourth-order valence-corrected chi connectivity index (χ4v) is 2.12. The largest absolute Gasteiger partial charge is 0.397 e. The normalized spacial score (nSPS) is 11.1. The maximum atomic E-state index is 5.94. The van der Waals surface area contributed by atoms with Crippen molar-refractivity contribution in [2.45, 2.75) is 12.8 Å². The molecule has 4 nitrogen and oxygen atoms in total. The van der Waals surface area contributed by atoms with Crippen molar-refractivity contribution in [2.24, 2.45) is 0 Å². The summed E-state index contributed by atoms with van der Waals surface area (Å²) < 4.78 is 0. The molecule has 0 aliphatic carbocycles. The van der Waals surface area contributed by atoms with E-state index in [0.717, 1.165) is 41.8 Å². The van der Waals surface area contributed by atoms with Crippen LogP contribution >= 0.6 is 0 Å². The Balaban J connectivity index is 1.99. The van der Waals surface area contributed by atoms with E-state index in [1.807, 2.05) is 18.2 Å². The van der Waals surface area contributed by atoms with Crippen LogP contribution in [0.1, 0.15) is 12.8 Å². The minimum atomic E-state index is 0.730. The lowest BCUT2D eigenvalue weighted by atomic mass is 10.1. The maximum Gasteiger partial charge on any atom is 0.0951 e. The van der Waals surface area contributed by atoms with Gasteiger partial charge < -0.3 is 16.0 Å². The first-order valence-corrected chi connectivity index (χ1v) is 6.70. The van der Waals surface area contributed by atoms with Gasteiger partial charge in [0.15, 0.2) is 0 Å². The lowest BCUT2D eigenvalue weighted by Crippen LogP contribution is -2.14. The topological polar surface area (TPSA) is 54.2 Å². The van der Waals surface area contributed by atoms with Crippen LogP contribution in [0.3, 0.4) is 0 Å². The third-order valence-corrected chi connectivity index (χ3v) is 3.15. The molecule has 2 aromatic rings. The number of fused-ring (bicyclic) bond motifs is 1. The van der Waals surface area contributed by atoms with Crippen LogP contribution in [0.5, 0.6) is 0 Å². The van der Waals surface area contributed by atoms with E-state index in [1.54, 1.807) is 6.20 Å². The number of pyridine rings is 1. The maximum absolute atomic E-state index is 5.94. The van der Waals surface area contributed by atoms with E-state index in [4.69, 9.17) is 5.73 Å². The molecule has 4 heteroatoms. The summed E-state index contributed by atoms with van der Waals surface area (Å²) >= 11 is 0. The summed E-state index contributed by atoms with van der Waals surface area (Å²) in [6.07, 6.45) is 4.13. The Morgan fingerprint density at radius 3 is 2.84 bits per heavy atom. The summed E-state index contributed by atoms with van der Waals surface area (Å²) in [5.41, 5.74) is 8.66. The highest BCUT2D eigenvalue weighted by atomic mass is 15.0. The van der Waals surface area contributed by atoms with Crippen LogP contribution in [0.25, 0.3) is 10.9 Å². The second-order valence-electron chi connectivity index (χ2n) is 5.04. The number of benzene rings is 1. The molecular formula is C15H22N4. The van der Waals surface area contributed by atoms with Crippen molar-refractivity contribution in [3.8, 4) is 0 Å². The molecule has 2 rings (SSSR count). The molecule has 0 unspecified atom stereocenters. The molecule has 1 aromatic carbocycles. The van der Waals surface area contributed by atoms with Crippen molar-refractivity contribution in [1.82, 2.24) is 9.88 Å². The Kier molecular flexibility index (Phi) is 4.58. The monoisotopic (exact) mass is 258 g/mol. The third kappa shape index (κ3) is 3.58. The second-order valence-corrected chi connectivity index (χ2v) is 5.04. The van der Waals surface area contributed by atoms with Crippen molar-refractivity contribution in [2.75, 3.05) is 38.2 Å². The molecule has 0 spiro atoms. The lowest BCUT2D eigenvalue weighted by Gasteiger charge is -2.12. The highest BCUT2D eigenvalue weighted by Crippen LogP contribution is 2.26. The number of hydrogen-bond donors (Lipinski definition) is 2. The predicted molar refractivity (Wildman–Crippen MR) is 82.4 cm³/mol. The van der Waals surface area contributed by atoms with E-state index in [1.165, 1.54) is 6.42 Å². The first-order valence-electron chi connectivity index (χ1n) is 6.70. The van der Waals surface area contributed by atoms with Gasteiger partial charge in [-0.25, -0.2) is 0 Å². The highest BCUT2D eigenvalue weighted by molar-refractivity contribution is 5.98. The van der Waals surface area contributed by atoms with E-state index >= 15 is 0 Å². The Morgan fingerprint density at radius 1 is 1.21 bits per heavy atom. The first-order chi connectivity index (χ1) is 9.18. The van der Waals surface area contributed by atoms with E-state index in [-0.39, 0.29) is 0 Å². The van der Waals surface area contributed by atoms with Crippen molar-refractivity contribution < 1.29 is 0 Å². The molecule has 1 aromatic heterocycles. The average Bonchev–Trinajstić information content (AvgIpc) is 2.41. The summed E-state index contributed by atoms with van der Waals surface area (Å²) in [7, 11) is 4.21. The van der Waals surface area contributed by atoms with Gasteiger partial charge in [-0.2, -0.15) is 0 Å². The van der Waals surface area contributed by atoms with Gasteiger partial charge in [-0.3, -0.25) is 4.98 Å². The summed E-state index contributed by atoms with van der Waals surface area (Å²) in [6, 6.07) is 7.95. The van der Waals surface area contributed by atoms with E-state index in [0.29, 0.717) is 0 Å². The van der Waals surface area contributed by atoms with Gasteiger partial charge in [0.2, 0.25) is 0 Å². The van der Waals surface area contributed by atoms with Gasteiger partial charge in [0.05, 0.1) is 11.2 Å². The Bertz CT molecular complexity index is 537. The molecular weight excluding hydrogens is 236 g/mol. The zero-order chi connectivity index (χ0) is 13.7. The number of nitrogens with one attached hydrogen (secondary N) is 1. The molecule has 0 saturated heterocycles. The molecule has 0 radical (unpaired) electrons. The number of rotatable bonds is 6. The number of aromatic nitrogens is 1. The molecule has 0 aliphatic heterocycles. The van der Waals surface area contributed by atoms with E-state index < -0.39 is 0 Å². The average molecular weight is 258 g/mol.